The molecule has 0 bridgehead atoms. The Morgan fingerprint density at radius 1 is 1.19 bits per heavy atom. The molecule has 0 amide bonds. The van der Waals surface area contributed by atoms with Gasteiger partial charge in [-0.15, -0.1) is 0 Å². The fourth-order valence-corrected chi connectivity index (χ4v) is 5.82. The number of aromatic nitrogens is 1. The highest BCUT2D eigenvalue weighted by atomic mass is 32.1. The zero-order valence-corrected chi connectivity index (χ0v) is 25.0. The quantitative estimate of drug-likeness (QED) is 0.152. The molecule has 11 nitrogen and oxygen atoms in total. The van der Waals surface area contributed by atoms with Gasteiger partial charge in [-0.25, -0.2) is 9.79 Å². The molecule has 0 spiro atoms. The van der Waals surface area contributed by atoms with Crippen LogP contribution in [0.15, 0.2) is 80.1 Å². The summed E-state index contributed by atoms with van der Waals surface area (Å²) in [6, 6.07) is 14.0. The lowest BCUT2D eigenvalue weighted by Crippen LogP contribution is -2.40. The molecule has 12 heteroatoms. The van der Waals surface area contributed by atoms with E-state index < -0.39 is 16.9 Å². The van der Waals surface area contributed by atoms with Gasteiger partial charge in [-0.3, -0.25) is 19.5 Å². The van der Waals surface area contributed by atoms with Crippen LogP contribution in [0.4, 0.5) is 5.69 Å². The number of fused-ring (bicyclic) bond motifs is 1. The van der Waals surface area contributed by atoms with Gasteiger partial charge in [0, 0.05) is 18.2 Å². The molecule has 0 aliphatic carbocycles. The predicted octanol–water partition coefficient (Wildman–Crippen LogP) is 4.76. The Balaban J connectivity index is 1.61. The van der Waals surface area contributed by atoms with Gasteiger partial charge in [-0.1, -0.05) is 23.5 Å². The van der Waals surface area contributed by atoms with Gasteiger partial charge in [0.15, 0.2) is 4.80 Å². The molecular formula is C31H29N3O8S. The van der Waals surface area contributed by atoms with E-state index in [1.54, 1.807) is 51.1 Å². The Morgan fingerprint density at radius 2 is 1.93 bits per heavy atom. The molecule has 1 aliphatic rings. The second kappa shape index (κ2) is 12.1. The number of nitrogens with zero attached hydrogens (tertiary/aromatic N) is 3. The number of nitro groups is 1. The second-order valence-electron chi connectivity index (χ2n) is 9.88. The van der Waals surface area contributed by atoms with Crippen LogP contribution in [-0.2, 0) is 9.53 Å². The summed E-state index contributed by atoms with van der Waals surface area (Å²) < 4.78 is 24.3. The van der Waals surface area contributed by atoms with E-state index >= 15 is 0 Å². The maximum Gasteiger partial charge on any atom is 0.338 e. The highest BCUT2D eigenvalue weighted by Crippen LogP contribution is 2.35. The normalized spacial score (nSPS) is 14.8. The fraction of sp³-hybridized carbons (Fsp3) is 0.258. The Hall–Kier alpha value is -4.97. The molecule has 0 saturated carbocycles. The summed E-state index contributed by atoms with van der Waals surface area (Å²) in [4.78, 5) is 43.1. The highest BCUT2D eigenvalue weighted by molar-refractivity contribution is 7.07. The van der Waals surface area contributed by atoms with Gasteiger partial charge in [0.1, 0.15) is 23.0 Å². The number of thiazole rings is 1. The SMILES string of the molecule is CCOc1ccc([C@H]2C(C(=O)OC(C)C)=C(C)N=c3s/c(=C/c4ccc(-c5cc([N+](=O)[O-])ccc5OC)o4)c(=O)n32)cc1. The van der Waals surface area contributed by atoms with Crippen LogP contribution in [0.25, 0.3) is 17.4 Å². The lowest BCUT2D eigenvalue weighted by atomic mass is 9.96. The zero-order valence-electron chi connectivity index (χ0n) is 24.2. The Labute approximate surface area is 250 Å². The first-order chi connectivity index (χ1) is 20.6. The number of nitro benzene ring substituents is 1. The van der Waals surface area contributed by atoms with E-state index in [0.717, 1.165) is 11.3 Å². The summed E-state index contributed by atoms with van der Waals surface area (Å²) in [5.74, 6) is 1.20. The first-order valence-electron chi connectivity index (χ1n) is 13.5. The van der Waals surface area contributed by atoms with Gasteiger partial charge in [0.25, 0.3) is 11.2 Å². The number of esters is 1. The van der Waals surface area contributed by atoms with Crippen molar-refractivity contribution in [2.24, 2.45) is 4.99 Å². The molecule has 2 aromatic heterocycles. The van der Waals surface area contributed by atoms with Crippen LogP contribution in [0, 0.1) is 10.1 Å². The van der Waals surface area contributed by atoms with Gasteiger partial charge in [-0.2, -0.15) is 0 Å². The average Bonchev–Trinajstić information content (AvgIpc) is 3.56. The lowest BCUT2D eigenvalue weighted by Gasteiger charge is -2.25. The molecule has 0 unspecified atom stereocenters. The fourth-order valence-electron chi connectivity index (χ4n) is 4.80. The summed E-state index contributed by atoms with van der Waals surface area (Å²) >= 11 is 1.16. The summed E-state index contributed by atoms with van der Waals surface area (Å²) in [6.07, 6.45) is 1.22. The van der Waals surface area contributed by atoms with Crippen LogP contribution in [0.2, 0.25) is 0 Å². The third-order valence-electron chi connectivity index (χ3n) is 6.65. The van der Waals surface area contributed by atoms with E-state index in [1.165, 1.54) is 29.9 Å². The van der Waals surface area contributed by atoms with E-state index in [1.807, 2.05) is 19.1 Å². The molecule has 0 N–H and O–H groups in total. The maximum absolute atomic E-state index is 13.9. The van der Waals surface area contributed by atoms with E-state index in [2.05, 4.69) is 4.99 Å². The highest BCUT2D eigenvalue weighted by Gasteiger charge is 2.34. The largest absolute Gasteiger partial charge is 0.496 e. The Morgan fingerprint density at radius 3 is 2.58 bits per heavy atom. The number of allylic oxidation sites excluding steroid dienone is 1. The third kappa shape index (κ3) is 5.86. The van der Waals surface area contributed by atoms with Gasteiger partial charge >= 0.3 is 5.97 Å². The Kier molecular flexibility index (Phi) is 8.31. The van der Waals surface area contributed by atoms with Crippen molar-refractivity contribution in [3.05, 3.63) is 107 Å². The molecule has 5 rings (SSSR count). The van der Waals surface area contributed by atoms with Crippen LogP contribution < -0.4 is 24.4 Å². The number of ether oxygens (including phenoxy) is 3. The first-order valence-corrected chi connectivity index (χ1v) is 14.3. The predicted molar refractivity (Wildman–Crippen MR) is 160 cm³/mol. The van der Waals surface area contributed by atoms with Crippen LogP contribution in [0.1, 0.15) is 45.1 Å². The van der Waals surface area contributed by atoms with Crippen LogP contribution in [0.3, 0.4) is 0 Å². The van der Waals surface area contributed by atoms with E-state index in [-0.39, 0.29) is 22.9 Å². The third-order valence-corrected chi connectivity index (χ3v) is 7.63. The number of carbonyl (C=O) groups excluding carboxylic acids is 1. The molecule has 0 fully saturated rings. The number of non-ortho nitro benzene ring substituents is 1. The molecule has 2 aromatic carbocycles. The van der Waals surface area contributed by atoms with Crippen molar-refractivity contribution in [1.29, 1.82) is 0 Å². The minimum atomic E-state index is -0.776. The van der Waals surface area contributed by atoms with Crippen molar-refractivity contribution < 1.29 is 28.3 Å². The maximum atomic E-state index is 13.9. The van der Waals surface area contributed by atoms with E-state index in [9.17, 15) is 19.7 Å². The minimum absolute atomic E-state index is 0.112. The standard InChI is InChI=1S/C31H29N3O8S/c1-6-40-21-10-7-19(8-11-21)28-27(30(36)41-17(2)3)18(4)32-31-33(28)29(35)26(43-31)16-22-12-14-25(42-22)23-15-20(34(37)38)9-13-24(23)39-5/h7-17,28H,6H2,1-5H3/b26-16+/t28-/m0/s1. The van der Waals surface area contributed by atoms with Crippen molar-refractivity contribution in [1.82, 2.24) is 4.57 Å². The smallest absolute Gasteiger partial charge is 0.338 e. The number of carbonyl (C=O) groups is 1. The molecule has 4 aromatic rings. The molecule has 0 radical (unpaired) electrons. The summed E-state index contributed by atoms with van der Waals surface area (Å²) in [5.41, 5.74) is 1.34. The molecule has 222 valence electrons. The molecule has 43 heavy (non-hydrogen) atoms. The van der Waals surface area contributed by atoms with Crippen LogP contribution >= 0.6 is 11.3 Å². The second-order valence-corrected chi connectivity index (χ2v) is 10.9. The number of methoxy groups -OCH3 is 1. The molecule has 1 aliphatic heterocycles. The van der Waals surface area contributed by atoms with Crippen molar-refractivity contribution in [2.45, 2.75) is 39.8 Å². The summed E-state index contributed by atoms with van der Waals surface area (Å²) in [6.45, 7) is 7.63. The van der Waals surface area contributed by atoms with Gasteiger partial charge in [0.2, 0.25) is 0 Å². The van der Waals surface area contributed by atoms with Gasteiger partial charge < -0.3 is 18.6 Å². The first kappa shape index (κ1) is 29.5. The molecule has 1 atom stereocenters. The molecular weight excluding hydrogens is 574 g/mol. The van der Waals surface area contributed by atoms with Gasteiger partial charge in [0.05, 0.1) is 52.2 Å². The summed E-state index contributed by atoms with van der Waals surface area (Å²) in [7, 11) is 1.46. The summed E-state index contributed by atoms with van der Waals surface area (Å²) in [5, 5.41) is 11.3. The zero-order chi connectivity index (χ0) is 30.8. The average molecular weight is 604 g/mol. The monoisotopic (exact) mass is 603 g/mol. The number of hydrogen-bond acceptors (Lipinski definition) is 10. The number of rotatable bonds is 9. The molecule has 3 heterocycles. The van der Waals surface area contributed by atoms with Crippen LogP contribution in [-0.4, -0.2) is 35.3 Å². The minimum Gasteiger partial charge on any atom is -0.496 e. The van der Waals surface area contributed by atoms with E-state index in [4.69, 9.17) is 18.6 Å². The number of furan rings is 1. The topological polar surface area (TPSA) is 135 Å². The van der Waals surface area contributed by atoms with Crippen molar-refractivity contribution in [3.8, 4) is 22.8 Å². The van der Waals surface area contributed by atoms with Crippen LogP contribution in [0.5, 0.6) is 11.5 Å². The number of hydrogen-bond donors (Lipinski definition) is 0. The van der Waals surface area contributed by atoms with Crippen molar-refractivity contribution in [3.63, 3.8) is 0 Å². The van der Waals surface area contributed by atoms with Crippen molar-refractivity contribution >= 4 is 29.1 Å². The number of benzene rings is 2. The van der Waals surface area contributed by atoms with Crippen molar-refractivity contribution in [2.75, 3.05) is 13.7 Å². The van der Waals surface area contributed by atoms with E-state index in [0.29, 0.717) is 55.8 Å². The molecule has 0 saturated heterocycles. The lowest BCUT2D eigenvalue weighted by molar-refractivity contribution is -0.384. The Bertz CT molecular complexity index is 1910. The van der Waals surface area contributed by atoms with Gasteiger partial charge in [-0.05, 0) is 63.6 Å².